The first kappa shape index (κ1) is 21.4. The lowest BCUT2D eigenvalue weighted by atomic mass is 10.1. The third-order valence-electron chi connectivity index (χ3n) is 3.31. The van der Waals surface area contributed by atoms with Gasteiger partial charge >= 0.3 is 5.97 Å². The molecule has 0 spiro atoms. The second kappa shape index (κ2) is 7.30. The van der Waals surface area contributed by atoms with Gasteiger partial charge in [-0.25, -0.2) is 26.0 Å². The predicted octanol–water partition coefficient (Wildman–Crippen LogP) is 0.360. The molecule has 0 saturated carbocycles. The van der Waals surface area contributed by atoms with E-state index in [-0.39, 0.29) is 0 Å². The average molecular weight is 413 g/mol. The van der Waals surface area contributed by atoms with Crippen LogP contribution in [0.1, 0.15) is 20.7 Å². The highest BCUT2D eigenvalue weighted by atomic mass is 32.3. The molecule has 8 nitrogen and oxygen atoms in total. The van der Waals surface area contributed by atoms with Gasteiger partial charge in [-0.3, -0.25) is 4.79 Å². The van der Waals surface area contributed by atoms with Crippen LogP contribution in [0.3, 0.4) is 0 Å². The number of carbonyl (C=O) groups excluding carboxylic acids is 1. The number of amides is 1. The van der Waals surface area contributed by atoms with Gasteiger partial charge in [-0.1, -0.05) is 6.07 Å². The van der Waals surface area contributed by atoms with E-state index in [2.05, 4.69) is 0 Å². The minimum atomic E-state index is -4.37. The van der Waals surface area contributed by atoms with E-state index < -0.39 is 58.5 Å². The van der Waals surface area contributed by atoms with E-state index in [9.17, 15) is 30.8 Å². The Balaban J connectivity index is 3.59. The number of carbonyl (C=O) groups is 2. The van der Waals surface area contributed by atoms with Crippen molar-refractivity contribution in [2.45, 2.75) is 4.20 Å². The van der Waals surface area contributed by atoms with Crippen LogP contribution in [0.2, 0.25) is 0 Å². The summed E-state index contributed by atoms with van der Waals surface area (Å²) < 4.78 is 59.6. The number of rotatable bonds is 7. The molecule has 1 aromatic rings. The molecule has 1 rings (SSSR count). The number of carboxylic acids is 1. The van der Waals surface area contributed by atoms with Crippen LogP contribution in [0.25, 0.3) is 0 Å². The Bertz CT molecular complexity index is 878. The summed E-state index contributed by atoms with van der Waals surface area (Å²) in [7, 11) is -8.75. The first-order chi connectivity index (χ1) is 11.3. The minimum Gasteiger partial charge on any atom is -0.478 e. The third-order valence-corrected chi connectivity index (χ3v) is 9.10. The molecular weight excluding hydrogens is 397 g/mol. The Kier molecular flexibility index (Phi) is 6.24. The van der Waals surface area contributed by atoms with E-state index >= 15 is 0 Å². The maximum absolute atomic E-state index is 13.7. The van der Waals surface area contributed by atoms with Crippen LogP contribution in [0.4, 0.5) is 4.39 Å². The molecular formula is C13H16FNO7S3. The lowest BCUT2D eigenvalue weighted by molar-refractivity contribution is 0.0685. The van der Waals surface area contributed by atoms with Gasteiger partial charge in [0.25, 0.3) is 10.1 Å². The molecule has 0 unspecified atom stereocenters. The fraction of sp³-hybridized carbons (Fsp3) is 0.385. The molecule has 1 amide bonds. The van der Waals surface area contributed by atoms with Crippen molar-refractivity contribution in [2.75, 3.05) is 24.5 Å². The van der Waals surface area contributed by atoms with Gasteiger partial charge in [0.1, 0.15) is 11.4 Å². The molecule has 140 valence electrons. The van der Waals surface area contributed by atoms with Crippen LogP contribution in [0.15, 0.2) is 18.2 Å². The van der Waals surface area contributed by atoms with Crippen molar-refractivity contribution in [1.82, 2.24) is 5.32 Å². The Morgan fingerprint density at radius 3 is 2.12 bits per heavy atom. The van der Waals surface area contributed by atoms with Crippen molar-refractivity contribution in [3.8, 4) is 0 Å². The van der Waals surface area contributed by atoms with Gasteiger partial charge in [-0.15, -0.1) is 0 Å². The average Bonchev–Trinajstić information content (AvgIpc) is 2.43. The molecule has 0 aromatic heterocycles. The summed E-state index contributed by atoms with van der Waals surface area (Å²) in [6.45, 7) is 0. The van der Waals surface area contributed by atoms with Gasteiger partial charge in [0.15, 0.2) is 19.7 Å². The van der Waals surface area contributed by atoms with Crippen LogP contribution in [-0.2, 0) is 19.7 Å². The molecule has 0 aliphatic rings. The van der Waals surface area contributed by atoms with Gasteiger partial charge in [0, 0.05) is 18.3 Å². The quantitative estimate of drug-likeness (QED) is 0.654. The Labute approximate surface area is 148 Å². The Morgan fingerprint density at radius 1 is 1.20 bits per heavy atom. The summed E-state index contributed by atoms with van der Waals surface area (Å²) in [5, 5.41) is 10.9. The molecule has 0 bridgehead atoms. The normalized spacial score (nSPS) is 12.6. The number of nitrogens with one attached hydrogen (secondary N) is 1. The monoisotopic (exact) mass is 413 g/mol. The fourth-order valence-corrected chi connectivity index (χ4v) is 7.70. The van der Waals surface area contributed by atoms with Crippen LogP contribution in [-0.4, -0.2) is 62.5 Å². The van der Waals surface area contributed by atoms with E-state index in [1.165, 1.54) is 6.26 Å². The summed E-state index contributed by atoms with van der Waals surface area (Å²) in [6.07, 6.45) is 2.70. The number of thioether (sulfide) groups is 1. The second-order valence-electron chi connectivity index (χ2n) is 5.15. The van der Waals surface area contributed by atoms with E-state index in [1.807, 2.05) is 5.32 Å². The van der Waals surface area contributed by atoms with E-state index in [4.69, 9.17) is 5.11 Å². The molecule has 0 heterocycles. The molecule has 0 atom stereocenters. The molecule has 2 N–H and O–H groups in total. The van der Waals surface area contributed by atoms with Crippen LogP contribution in [0.5, 0.6) is 0 Å². The Hall–Kier alpha value is -1.66. The molecule has 12 heteroatoms. The topological polar surface area (TPSA) is 135 Å². The highest BCUT2D eigenvalue weighted by molar-refractivity contribution is 8.11. The zero-order valence-corrected chi connectivity index (χ0v) is 15.9. The number of aromatic carboxylic acids is 1. The highest BCUT2D eigenvalue weighted by Crippen LogP contribution is 2.26. The molecule has 0 fully saturated rings. The lowest BCUT2D eigenvalue weighted by Gasteiger charge is -2.30. The largest absolute Gasteiger partial charge is 0.478 e. The summed E-state index contributed by atoms with van der Waals surface area (Å²) in [5.74, 6) is -4.83. The van der Waals surface area contributed by atoms with Crippen molar-refractivity contribution in [1.29, 1.82) is 0 Å². The first-order valence-electron chi connectivity index (χ1n) is 6.51. The smallest absolute Gasteiger partial charge is 0.339 e. The number of halogens is 1. The molecule has 0 aliphatic heterocycles. The standard InChI is InChI=1S/C13H16FNO7S3/c1-23-7-13(24(2,19)20,25(3,21)22)15-11(16)8-5-4-6-9(14)10(8)12(17)18/h4-6H,7H2,1-3H3,(H,15,16)(H,17,18). The van der Waals surface area contributed by atoms with Gasteiger partial charge in [-0.2, -0.15) is 11.8 Å². The zero-order chi connectivity index (χ0) is 19.6. The summed E-state index contributed by atoms with van der Waals surface area (Å²) in [4.78, 5) is 23.6. The Morgan fingerprint density at radius 2 is 1.72 bits per heavy atom. The van der Waals surface area contributed by atoms with Gasteiger partial charge in [-0.05, 0) is 18.4 Å². The van der Waals surface area contributed by atoms with Gasteiger partial charge < -0.3 is 10.4 Å². The van der Waals surface area contributed by atoms with Crippen molar-refractivity contribution >= 4 is 43.3 Å². The molecule has 0 saturated heterocycles. The van der Waals surface area contributed by atoms with E-state index in [0.717, 1.165) is 30.0 Å². The van der Waals surface area contributed by atoms with Crippen LogP contribution >= 0.6 is 11.8 Å². The van der Waals surface area contributed by atoms with Crippen molar-refractivity contribution in [2.24, 2.45) is 0 Å². The van der Waals surface area contributed by atoms with Crippen LogP contribution in [0, 0.1) is 5.82 Å². The zero-order valence-electron chi connectivity index (χ0n) is 13.4. The number of hydrogen-bond donors (Lipinski definition) is 2. The lowest BCUT2D eigenvalue weighted by Crippen LogP contribution is -2.61. The summed E-state index contributed by atoms with van der Waals surface area (Å²) in [5.41, 5.74) is -1.68. The first-order valence-corrected chi connectivity index (χ1v) is 11.7. The molecule has 1 aromatic carbocycles. The number of sulfone groups is 2. The fourth-order valence-electron chi connectivity index (χ4n) is 2.07. The van der Waals surface area contributed by atoms with E-state index in [1.54, 1.807) is 0 Å². The maximum atomic E-state index is 13.7. The summed E-state index contributed by atoms with van der Waals surface area (Å²) in [6, 6.07) is 2.81. The maximum Gasteiger partial charge on any atom is 0.339 e. The highest BCUT2D eigenvalue weighted by Gasteiger charge is 2.51. The third kappa shape index (κ3) is 4.12. The van der Waals surface area contributed by atoms with Crippen molar-refractivity contribution < 1.29 is 35.9 Å². The SMILES string of the molecule is CSCC(NC(=O)c1cccc(F)c1C(=O)O)(S(C)(=O)=O)S(C)(=O)=O. The molecule has 25 heavy (non-hydrogen) atoms. The van der Waals surface area contributed by atoms with E-state index in [0.29, 0.717) is 12.5 Å². The van der Waals surface area contributed by atoms with Gasteiger partial charge in [0.2, 0.25) is 0 Å². The van der Waals surface area contributed by atoms with Gasteiger partial charge in [0.05, 0.1) is 5.56 Å². The number of benzene rings is 1. The second-order valence-corrected chi connectivity index (χ2v) is 10.8. The van der Waals surface area contributed by atoms with Crippen LogP contribution < -0.4 is 5.32 Å². The molecule has 0 radical (unpaired) electrons. The number of hydrogen-bond acceptors (Lipinski definition) is 7. The summed E-state index contributed by atoms with van der Waals surface area (Å²) >= 11 is 0.850. The minimum absolute atomic E-state index is 0.534. The predicted molar refractivity (Wildman–Crippen MR) is 91.6 cm³/mol. The van der Waals surface area contributed by atoms with Crippen molar-refractivity contribution in [3.63, 3.8) is 0 Å². The number of carboxylic acid groups (broad SMARTS) is 1. The molecule has 0 aliphatic carbocycles. The van der Waals surface area contributed by atoms with Crippen molar-refractivity contribution in [3.05, 3.63) is 35.1 Å².